The number of rotatable bonds is 3. The van der Waals surface area contributed by atoms with Crippen LogP contribution in [0.25, 0.3) is 0 Å². The number of hydrogen-bond acceptors (Lipinski definition) is 2. The van der Waals surface area contributed by atoms with Crippen LogP contribution in [0.15, 0.2) is 0 Å². The van der Waals surface area contributed by atoms with Crippen molar-refractivity contribution in [1.82, 2.24) is 4.90 Å². The van der Waals surface area contributed by atoms with Gasteiger partial charge in [0.1, 0.15) is 7.11 Å². The molecule has 7 heavy (non-hydrogen) atoms. The standard InChI is InChI=1S/C5H11NO/c1-6(2)4-5-7-3/h3H,4-5H2,1-2H3. The number of hydrogen-bond donors (Lipinski definition) is 0. The van der Waals surface area contributed by atoms with Crippen LogP contribution in [0, 0.1) is 7.11 Å². The maximum Gasteiger partial charge on any atom is 0.115 e. The van der Waals surface area contributed by atoms with Crippen LogP contribution >= 0.6 is 0 Å². The van der Waals surface area contributed by atoms with Crippen molar-refractivity contribution < 1.29 is 4.74 Å². The molecule has 0 amide bonds. The molecule has 0 heterocycles. The Hall–Kier alpha value is -0.0800. The van der Waals surface area contributed by atoms with E-state index in [2.05, 4.69) is 4.74 Å². The van der Waals surface area contributed by atoms with E-state index < -0.39 is 0 Å². The first-order valence-electron chi connectivity index (χ1n) is 2.24. The summed E-state index contributed by atoms with van der Waals surface area (Å²) in [6.07, 6.45) is 0. The van der Waals surface area contributed by atoms with E-state index in [4.69, 9.17) is 7.11 Å². The van der Waals surface area contributed by atoms with Gasteiger partial charge in [0.2, 0.25) is 0 Å². The van der Waals surface area contributed by atoms with Gasteiger partial charge in [0.15, 0.2) is 0 Å². The van der Waals surface area contributed by atoms with E-state index in [0.29, 0.717) is 6.61 Å². The van der Waals surface area contributed by atoms with Crippen molar-refractivity contribution in [3.8, 4) is 0 Å². The monoisotopic (exact) mass is 101 g/mol. The normalized spacial score (nSPS) is 10.3. The Morgan fingerprint density at radius 3 is 2.29 bits per heavy atom. The molecule has 0 fully saturated rings. The van der Waals surface area contributed by atoms with Gasteiger partial charge in [0, 0.05) is 6.54 Å². The molecule has 0 aliphatic carbocycles. The summed E-state index contributed by atoms with van der Waals surface area (Å²) in [5, 5.41) is 0. The second kappa shape index (κ2) is 4.09. The molecule has 0 aliphatic heterocycles. The maximum absolute atomic E-state index is 4.75. The fourth-order valence-corrected chi connectivity index (χ4v) is 0.235. The predicted molar refractivity (Wildman–Crippen MR) is 28.8 cm³/mol. The van der Waals surface area contributed by atoms with E-state index >= 15 is 0 Å². The molecular weight excluding hydrogens is 90.1 g/mol. The molecular formula is C5H11NO. The van der Waals surface area contributed by atoms with Crippen molar-refractivity contribution in [3.63, 3.8) is 0 Å². The molecule has 2 radical (unpaired) electrons. The van der Waals surface area contributed by atoms with E-state index in [0.717, 1.165) is 6.54 Å². The van der Waals surface area contributed by atoms with Crippen molar-refractivity contribution in [1.29, 1.82) is 0 Å². The third-order valence-corrected chi connectivity index (χ3v) is 0.656. The van der Waals surface area contributed by atoms with Gasteiger partial charge in [-0.05, 0) is 14.1 Å². The van der Waals surface area contributed by atoms with Gasteiger partial charge in [-0.25, -0.2) is 0 Å². The lowest BCUT2D eigenvalue weighted by Crippen LogP contribution is -2.16. The first-order valence-corrected chi connectivity index (χ1v) is 2.24. The Morgan fingerprint density at radius 2 is 2.14 bits per heavy atom. The topological polar surface area (TPSA) is 12.5 Å². The Balaban J connectivity index is 2.68. The molecule has 0 aliphatic rings. The molecule has 42 valence electrons. The van der Waals surface area contributed by atoms with Crippen LogP contribution in [0.4, 0.5) is 0 Å². The first kappa shape index (κ1) is 6.92. The number of ether oxygens (including phenoxy) is 1. The average Bonchev–Trinajstić information content (AvgIpc) is 1.61. The summed E-state index contributed by atoms with van der Waals surface area (Å²) in [5.74, 6) is 0. The van der Waals surface area contributed by atoms with Crippen LogP contribution in [0.5, 0.6) is 0 Å². The van der Waals surface area contributed by atoms with Gasteiger partial charge in [-0.1, -0.05) is 0 Å². The van der Waals surface area contributed by atoms with Crippen LogP contribution in [0.2, 0.25) is 0 Å². The van der Waals surface area contributed by atoms with Crippen LogP contribution in [-0.2, 0) is 4.74 Å². The second-order valence-corrected chi connectivity index (χ2v) is 1.67. The molecule has 0 atom stereocenters. The maximum atomic E-state index is 4.75. The minimum absolute atomic E-state index is 0.604. The molecule has 0 N–H and O–H groups in total. The Kier molecular flexibility index (Phi) is 4.04. The van der Waals surface area contributed by atoms with Gasteiger partial charge in [-0.2, -0.15) is 0 Å². The zero-order chi connectivity index (χ0) is 5.70. The lowest BCUT2D eigenvalue weighted by Gasteiger charge is -2.05. The highest BCUT2D eigenvalue weighted by molar-refractivity contribution is 4.37. The third kappa shape index (κ3) is 5.92. The number of nitrogens with zero attached hydrogens (tertiary/aromatic N) is 1. The van der Waals surface area contributed by atoms with Gasteiger partial charge in [-0.15, -0.1) is 0 Å². The smallest absolute Gasteiger partial charge is 0.115 e. The first-order chi connectivity index (χ1) is 3.27. The molecule has 0 saturated heterocycles. The molecule has 0 spiro atoms. The van der Waals surface area contributed by atoms with Crippen LogP contribution in [0.1, 0.15) is 0 Å². The van der Waals surface area contributed by atoms with Crippen LogP contribution < -0.4 is 0 Å². The summed E-state index contributed by atoms with van der Waals surface area (Å²) >= 11 is 0. The second-order valence-electron chi connectivity index (χ2n) is 1.67. The third-order valence-electron chi connectivity index (χ3n) is 0.656. The van der Waals surface area contributed by atoms with E-state index in [1.165, 1.54) is 0 Å². The van der Waals surface area contributed by atoms with E-state index in [1.807, 2.05) is 19.0 Å². The number of likely N-dealkylation sites (N-methyl/N-ethyl adjacent to an activating group) is 1. The van der Waals surface area contributed by atoms with Crippen LogP contribution in [-0.4, -0.2) is 32.1 Å². The minimum Gasteiger partial charge on any atom is -0.371 e. The van der Waals surface area contributed by atoms with Gasteiger partial charge in [0.05, 0.1) is 6.61 Å². The average molecular weight is 101 g/mol. The van der Waals surface area contributed by atoms with Crippen molar-refractivity contribution >= 4 is 0 Å². The predicted octanol–water partition coefficient (Wildman–Crippen LogP) is 0.233. The summed E-state index contributed by atoms with van der Waals surface area (Å²) in [5.41, 5.74) is 0. The van der Waals surface area contributed by atoms with Crippen molar-refractivity contribution in [3.05, 3.63) is 7.11 Å². The molecule has 2 heteroatoms. The molecule has 0 saturated carbocycles. The lowest BCUT2D eigenvalue weighted by molar-refractivity contribution is 0.206. The fourth-order valence-electron chi connectivity index (χ4n) is 0.235. The van der Waals surface area contributed by atoms with Crippen molar-refractivity contribution in [2.24, 2.45) is 0 Å². The highest BCUT2D eigenvalue weighted by Crippen LogP contribution is 1.73. The van der Waals surface area contributed by atoms with Crippen molar-refractivity contribution in [2.75, 3.05) is 27.2 Å². The summed E-state index contributed by atoms with van der Waals surface area (Å²) in [7, 11) is 8.69. The Labute approximate surface area is 45.1 Å². The van der Waals surface area contributed by atoms with Crippen molar-refractivity contribution in [2.45, 2.75) is 0 Å². The molecule has 0 rings (SSSR count). The van der Waals surface area contributed by atoms with Gasteiger partial charge >= 0.3 is 0 Å². The summed E-state index contributed by atoms with van der Waals surface area (Å²) in [6.45, 7) is 1.49. The zero-order valence-electron chi connectivity index (χ0n) is 4.85. The molecule has 0 aromatic heterocycles. The summed E-state index contributed by atoms with van der Waals surface area (Å²) in [4.78, 5) is 2.01. The van der Waals surface area contributed by atoms with Crippen LogP contribution in [0.3, 0.4) is 0 Å². The molecule has 0 bridgehead atoms. The SMILES string of the molecule is [CH]OCCN(C)C. The molecule has 0 unspecified atom stereocenters. The minimum atomic E-state index is 0.604. The quantitative estimate of drug-likeness (QED) is 0.504. The Bertz CT molecular complexity index is 37.1. The highest BCUT2D eigenvalue weighted by atomic mass is 16.5. The summed E-state index contributed by atoms with van der Waals surface area (Å²) < 4.78 is 4.31. The largest absolute Gasteiger partial charge is 0.371 e. The van der Waals surface area contributed by atoms with Gasteiger partial charge in [0.25, 0.3) is 0 Å². The van der Waals surface area contributed by atoms with Gasteiger partial charge < -0.3 is 9.64 Å². The molecule has 0 aromatic rings. The van der Waals surface area contributed by atoms with E-state index in [1.54, 1.807) is 0 Å². The zero-order valence-corrected chi connectivity index (χ0v) is 4.85. The lowest BCUT2D eigenvalue weighted by atomic mass is 10.6. The van der Waals surface area contributed by atoms with Gasteiger partial charge in [-0.3, -0.25) is 0 Å². The summed E-state index contributed by atoms with van der Waals surface area (Å²) in [6, 6.07) is 0. The highest BCUT2D eigenvalue weighted by Gasteiger charge is 1.84. The van der Waals surface area contributed by atoms with E-state index in [9.17, 15) is 0 Å². The Morgan fingerprint density at radius 1 is 1.57 bits per heavy atom. The fraction of sp³-hybridized carbons (Fsp3) is 0.800. The van der Waals surface area contributed by atoms with E-state index in [-0.39, 0.29) is 0 Å². The molecule has 0 aromatic carbocycles. The molecule has 2 nitrogen and oxygen atoms in total.